The highest BCUT2D eigenvalue weighted by molar-refractivity contribution is 5.86. The van der Waals surface area contributed by atoms with Gasteiger partial charge in [-0.1, -0.05) is 6.92 Å². The Bertz CT molecular complexity index is 328. The summed E-state index contributed by atoms with van der Waals surface area (Å²) in [7, 11) is 1.82. The SMILES string of the molecule is CCOC(=O)C(C)CN1CCN(C)C(=O)C1(C)C. The van der Waals surface area contributed by atoms with Gasteiger partial charge in [0.25, 0.3) is 0 Å². The third-order valence-corrected chi connectivity index (χ3v) is 3.55. The first-order chi connectivity index (χ1) is 8.30. The van der Waals surface area contributed by atoms with Crippen LogP contribution in [-0.2, 0) is 14.3 Å². The van der Waals surface area contributed by atoms with Gasteiger partial charge in [-0.05, 0) is 20.8 Å². The zero-order valence-electron chi connectivity index (χ0n) is 12.0. The van der Waals surface area contributed by atoms with Crippen LogP contribution >= 0.6 is 0 Å². The summed E-state index contributed by atoms with van der Waals surface area (Å²) in [6, 6.07) is 0. The van der Waals surface area contributed by atoms with Crippen LogP contribution in [0.2, 0.25) is 0 Å². The number of nitrogens with zero attached hydrogens (tertiary/aromatic N) is 2. The fraction of sp³-hybridized carbons (Fsp3) is 0.846. The average Bonchev–Trinajstić information content (AvgIpc) is 2.30. The molecule has 0 aliphatic carbocycles. The zero-order chi connectivity index (χ0) is 13.9. The minimum atomic E-state index is -0.548. The number of carbonyl (C=O) groups is 2. The van der Waals surface area contributed by atoms with E-state index in [9.17, 15) is 9.59 Å². The van der Waals surface area contributed by atoms with Gasteiger partial charge in [0, 0.05) is 26.7 Å². The number of amides is 1. The summed E-state index contributed by atoms with van der Waals surface area (Å²) < 4.78 is 5.00. The van der Waals surface area contributed by atoms with Crippen molar-refractivity contribution in [2.45, 2.75) is 33.2 Å². The second-order valence-electron chi connectivity index (χ2n) is 5.38. The van der Waals surface area contributed by atoms with E-state index in [1.807, 2.05) is 27.8 Å². The normalized spacial score (nSPS) is 21.8. The number of ether oxygens (including phenoxy) is 1. The van der Waals surface area contributed by atoms with E-state index in [0.29, 0.717) is 19.7 Å². The minimum absolute atomic E-state index is 0.102. The lowest BCUT2D eigenvalue weighted by Gasteiger charge is -2.45. The third-order valence-electron chi connectivity index (χ3n) is 3.55. The monoisotopic (exact) mass is 256 g/mol. The maximum atomic E-state index is 12.1. The first-order valence-electron chi connectivity index (χ1n) is 6.48. The summed E-state index contributed by atoms with van der Waals surface area (Å²) >= 11 is 0. The topological polar surface area (TPSA) is 49.9 Å². The van der Waals surface area contributed by atoms with Gasteiger partial charge < -0.3 is 9.64 Å². The van der Waals surface area contributed by atoms with Crippen LogP contribution in [0.3, 0.4) is 0 Å². The van der Waals surface area contributed by atoms with Gasteiger partial charge in [-0.25, -0.2) is 0 Å². The van der Waals surface area contributed by atoms with Crippen molar-refractivity contribution in [2.75, 3.05) is 33.3 Å². The van der Waals surface area contributed by atoms with E-state index in [-0.39, 0.29) is 17.8 Å². The predicted molar refractivity (Wildman–Crippen MR) is 69.1 cm³/mol. The van der Waals surface area contributed by atoms with E-state index in [2.05, 4.69) is 4.90 Å². The fourth-order valence-corrected chi connectivity index (χ4v) is 2.26. The van der Waals surface area contributed by atoms with E-state index in [4.69, 9.17) is 4.74 Å². The molecule has 0 aromatic heterocycles. The van der Waals surface area contributed by atoms with Crippen molar-refractivity contribution in [3.05, 3.63) is 0 Å². The average molecular weight is 256 g/mol. The predicted octanol–water partition coefficient (Wildman–Crippen LogP) is 0.738. The van der Waals surface area contributed by atoms with Gasteiger partial charge in [0.15, 0.2) is 0 Å². The molecule has 0 aromatic rings. The molecule has 1 rings (SSSR count). The van der Waals surface area contributed by atoms with Gasteiger partial charge in [-0.15, -0.1) is 0 Å². The maximum absolute atomic E-state index is 12.1. The molecule has 1 unspecified atom stereocenters. The molecule has 1 heterocycles. The molecule has 1 atom stereocenters. The van der Waals surface area contributed by atoms with E-state index in [0.717, 1.165) is 6.54 Å². The van der Waals surface area contributed by atoms with Crippen LogP contribution in [0.5, 0.6) is 0 Å². The van der Waals surface area contributed by atoms with Gasteiger partial charge in [0.05, 0.1) is 18.1 Å². The Hall–Kier alpha value is -1.10. The van der Waals surface area contributed by atoms with Crippen LogP contribution in [-0.4, -0.2) is 60.5 Å². The van der Waals surface area contributed by atoms with Crippen molar-refractivity contribution in [3.8, 4) is 0 Å². The van der Waals surface area contributed by atoms with Crippen LogP contribution in [0.15, 0.2) is 0 Å². The van der Waals surface area contributed by atoms with E-state index in [1.54, 1.807) is 11.8 Å². The Morgan fingerprint density at radius 2 is 2.06 bits per heavy atom. The van der Waals surface area contributed by atoms with Gasteiger partial charge >= 0.3 is 5.97 Å². The molecule has 0 saturated carbocycles. The standard InChI is InChI=1S/C13H24N2O3/c1-6-18-11(16)10(2)9-15-8-7-14(5)12(17)13(15,3)4/h10H,6-9H2,1-5H3. The highest BCUT2D eigenvalue weighted by Crippen LogP contribution is 2.22. The summed E-state index contributed by atoms with van der Waals surface area (Å²) in [5, 5.41) is 0. The van der Waals surface area contributed by atoms with Gasteiger partial charge in [-0.2, -0.15) is 0 Å². The number of carbonyl (C=O) groups excluding carboxylic acids is 2. The molecule has 0 N–H and O–H groups in total. The van der Waals surface area contributed by atoms with E-state index < -0.39 is 5.54 Å². The first kappa shape index (κ1) is 15.0. The highest BCUT2D eigenvalue weighted by atomic mass is 16.5. The molecule has 104 valence electrons. The number of esters is 1. The van der Waals surface area contributed by atoms with Crippen molar-refractivity contribution in [3.63, 3.8) is 0 Å². The highest BCUT2D eigenvalue weighted by Gasteiger charge is 2.41. The van der Waals surface area contributed by atoms with Crippen LogP contribution in [0.4, 0.5) is 0 Å². The van der Waals surface area contributed by atoms with Gasteiger partial charge in [0.1, 0.15) is 0 Å². The molecule has 0 aromatic carbocycles. The molecular weight excluding hydrogens is 232 g/mol. The molecule has 5 heteroatoms. The van der Waals surface area contributed by atoms with Crippen LogP contribution in [0.1, 0.15) is 27.7 Å². The zero-order valence-corrected chi connectivity index (χ0v) is 12.0. The lowest BCUT2D eigenvalue weighted by molar-refractivity contribution is -0.154. The summed E-state index contributed by atoms with van der Waals surface area (Å²) in [6.07, 6.45) is 0. The minimum Gasteiger partial charge on any atom is -0.466 e. The Labute approximate surface area is 109 Å². The first-order valence-corrected chi connectivity index (χ1v) is 6.48. The number of likely N-dealkylation sites (N-methyl/N-ethyl adjacent to an activating group) is 1. The summed E-state index contributed by atoms with van der Waals surface area (Å²) in [6.45, 7) is 9.91. The van der Waals surface area contributed by atoms with Gasteiger partial charge in [-0.3, -0.25) is 14.5 Å². The molecular formula is C13H24N2O3. The van der Waals surface area contributed by atoms with Crippen molar-refractivity contribution in [2.24, 2.45) is 5.92 Å². The Kier molecular flexibility index (Phi) is 4.73. The molecule has 1 aliphatic heterocycles. The van der Waals surface area contributed by atoms with E-state index >= 15 is 0 Å². The second kappa shape index (κ2) is 5.69. The molecule has 0 spiro atoms. The lowest BCUT2D eigenvalue weighted by Crippen LogP contribution is -2.62. The number of hydrogen-bond donors (Lipinski definition) is 0. The molecule has 5 nitrogen and oxygen atoms in total. The summed E-state index contributed by atoms with van der Waals surface area (Å²) in [4.78, 5) is 27.5. The van der Waals surface area contributed by atoms with Crippen molar-refractivity contribution < 1.29 is 14.3 Å². The Morgan fingerprint density at radius 3 is 2.61 bits per heavy atom. The van der Waals surface area contributed by atoms with Crippen molar-refractivity contribution in [1.82, 2.24) is 9.80 Å². The molecule has 1 fully saturated rings. The van der Waals surface area contributed by atoms with Crippen LogP contribution in [0, 0.1) is 5.92 Å². The van der Waals surface area contributed by atoms with Crippen LogP contribution in [0.25, 0.3) is 0 Å². The lowest BCUT2D eigenvalue weighted by atomic mass is 9.96. The smallest absolute Gasteiger partial charge is 0.309 e. The van der Waals surface area contributed by atoms with Crippen molar-refractivity contribution >= 4 is 11.9 Å². The van der Waals surface area contributed by atoms with Crippen molar-refractivity contribution in [1.29, 1.82) is 0 Å². The number of rotatable bonds is 4. The molecule has 0 bridgehead atoms. The summed E-state index contributed by atoms with van der Waals surface area (Å²) in [5.74, 6) is -0.301. The van der Waals surface area contributed by atoms with E-state index in [1.165, 1.54) is 0 Å². The second-order valence-corrected chi connectivity index (χ2v) is 5.38. The molecule has 1 aliphatic rings. The Balaban J connectivity index is 2.67. The summed E-state index contributed by atoms with van der Waals surface area (Å²) in [5.41, 5.74) is -0.548. The number of piperazine rings is 1. The maximum Gasteiger partial charge on any atom is 0.309 e. The Morgan fingerprint density at radius 1 is 1.44 bits per heavy atom. The molecule has 1 saturated heterocycles. The quantitative estimate of drug-likeness (QED) is 0.696. The molecule has 1 amide bonds. The molecule has 18 heavy (non-hydrogen) atoms. The fourth-order valence-electron chi connectivity index (χ4n) is 2.26. The largest absolute Gasteiger partial charge is 0.466 e. The third kappa shape index (κ3) is 3.02. The number of hydrogen-bond acceptors (Lipinski definition) is 4. The van der Waals surface area contributed by atoms with Crippen LogP contribution < -0.4 is 0 Å². The van der Waals surface area contributed by atoms with Gasteiger partial charge in [0.2, 0.25) is 5.91 Å². The molecule has 0 radical (unpaired) electrons.